The highest BCUT2D eigenvalue weighted by Gasteiger charge is 2.32. The molecule has 132 valence electrons. The minimum atomic E-state index is -0.121. The fourth-order valence-electron chi connectivity index (χ4n) is 2.41. The molecule has 2 aromatic carbocycles. The molecule has 0 aromatic heterocycles. The molecule has 2 aromatic rings. The van der Waals surface area contributed by atoms with Crippen molar-refractivity contribution in [2.45, 2.75) is 0 Å². The van der Waals surface area contributed by atoms with Crippen LogP contribution in [0.2, 0.25) is 0 Å². The summed E-state index contributed by atoms with van der Waals surface area (Å²) in [6.45, 7) is 4.08. The van der Waals surface area contributed by atoms with E-state index < -0.39 is 0 Å². The third-order valence-corrected chi connectivity index (χ3v) is 4.67. The van der Waals surface area contributed by atoms with Crippen molar-refractivity contribution in [3.05, 3.63) is 71.7 Å². The molecule has 1 N–H and O–H groups in total. The van der Waals surface area contributed by atoms with Gasteiger partial charge >= 0.3 is 0 Å². The van der Waals surface area contributed by atoms with Crippen molar-refractivity contribution in [3.8, 4) is 11.5 Å². The lowest BCUT2D eigenvalue weighted by Crippen LogP contribution is -2.29. The molecule has 5 nitrogen and oxygen atoms in total. The van der Waals surface area contributed by atoms with Crippen molar-refractivity contribution >= 4 is 34.6 Å². The molecule has 3 rings (SSSR count). The van der Waals surface area contributed by atoms with E-state index in [0.717, 1.165) is 11.3 Å². The van der Waals surface area contributed by atoms with Gasteiger partial charge in [0.15, 0.2) is 5.17 Å². The zero-order chi connectivity index (χ0) is 18.5. The smallest absolute Gasteiger partial charge is 0.267 e. The Morgan fingerprint density at radius 3 is 2.69 bits per heavy atom. The Hall–Kier alpha value is -2.99. The van der Waals surface area contributed by atoms with E-state index >= 15 is 0 Å². The summed E-state index contributed by atoms with van der Waals surface area (Å²) in [5, 5.41) is 10.2. The van der Waals surface area contributed by atoms with Crippen LogP contribution in [0.25, 0.3) is 6.08 Å². The quantitative estimate of drug-likeness (QED) is 0.637. The number of benzene rings is 2. The number of amidine groups is 1. The van der Waals surface area contributed by atoms with E-state index in [2.05, 4.69) is 11.6 Å². The number of hydrogen-bond acceptors (Lipinski definition) is 5. The fourth-order valence-corrected chi connectivity index (χ4v) is 3.41. The van der Waals surface area contributed by atoms with Gasteiger partial charge in [0.2, 0.25) is 0 Å². The molecule has 0 aliphatic carbocycles. The molecule has 1 amide bonds. The maximum absolute atomic E-state index is 12.7. The number of nitrogens with zero attached hydrogens (tertiary/aromatic N) is 2. The maximum Gasteiger partial charge on any atom is 0.267 e. The highest BCUT2D eigenvalue weighted by atomic mass is 32.2. The first-order valence-electron chi connectivity index (χ1n) is 7.95. The molecule has 0 saturated carbocycles. The van der Waals surface area contributed by atoms with Crippen molar-refractivity contribution in [1.29, 1.82) is 0 Å². The van der Waals surface area contributed by atoms with Gasteiger partial charge in [-0.1, -0.05) is 24.3 Å². The first-order valence-corrected chi connectivity index (χ1v) is 8.76. The highest BCUT2D eigenvalue weighted by molar-refractivity contribution is 8.18. The number of hydrogen-bond donors (Lipinski definition) is 1. The van der Waals surface area contributed by atoms with E-state index in [0.29, 0.717) is 22.3 Å². The molecule has 0 atom stereocenters. The summed E-state index contributed by atoms with van der Waals surface area (Å²) in [4.78, 5) is 19.4. The van der Waals surface area contributed by atoms with E-state index in [1.54, 1.807) is 42.4 Å². The van der Waals surface area contributed by atoms with Gasteiger partial charge in [0.05, 0.1) is 17.7 Å². The normalized spacial score (nSPS) is 17.1. The number of aromatic hydroxyl groups is 1. The SMILES string of the molecule is C=CCN1C(=O)C(=Cc2ccc(OC)cc2)SC1=Nc1cccc(O)c1. The summed E-state index contributed by atoms with van der Waals surface area (Å²) in [5.74, 6) is 0.770. The van der Waals surface area contributed by atoms with Crippen LogP contribution in [0.1, 0.15) is 5.56 Å². The second-order valence-corrected chi connectivity index (χ2v) is 6.51. The number of methoxy groups -OCH3 is 1. The van der Waals surface area contributed by atoms with Crippen LogP contribution in [0.4, 0.5) is 5.69 Å². The van der Waals surface area contributed by atoms with Crippen molar-refractivity contribution in [3.63, 3.8) is 0 Å². The Balaban J connectivity index is 1.92. The molecular weight excluding hydrogens is 348 g/mol. The molecule has 26 heavy (non-hydrogen) atoms. The molecule has 1 aliphatic heterocycles. The molecule has 0 bridgehead atoms. The first kappa shape index (κ1) is 17.8. The van der Waals surface area contributed by atoms with E-state index in [4.69, 9.17) is 4.74 Å². The lowest BCUT2D eigenvalue weighted by atomic mass is 10.2. The van der Waals surface area contributed by atoms with Crippen LogP contribution >= 0.6 is 11.8 Å². The average Bonchev–Trinajstić information content (AvgIpc) is 2.91. The lowest BCUT2D eigenvalue weighted by Gasteiger charge is -2.12. The number of rotatable bonds is 5. The summed E-state index contributed by atoms with van der Waals surface area (Å²) in [6, 6.07) is 14.1. The second kappa shape index (κ2) is 7.93. The van der Waals surface area contributed by atoms with Crippen LogP contribution in [0.5, 0.6) is 11.5 Å². The average molecular weight is 366 g/mol. The van der Waals surface area contributed by atoms with Crippen LogP contribution < -0.4 is 4.74 Å². The zero-order valence-corrected chi connectivity index (χ0v) is 15.1. The largest absolute Gasteiger partial charge is 0.508 e. The number of thioether (sulfide) groups is 1. The van der Waals surface area contributed by atoms with Gasteiger partial charge < -0.3 is 9.84 Å². The molecule has 1 saturated heterocycles. The van der Waals surface area contributed by atoms with Crippen LogP contribution in [-0.2, 0) is 4.79 Å². The van der Waals surface area contributed by atoms with Gasteiger partial charge in [-0.3, -0.25) is 9.69 Å². The molecule has 1 fully saturated rings. The molecule has 0 radical (unpaired) electrons. The summed E-state index contributed by atoms with van der Waals surface area (Å²) < 4.78 is 5.15. The van der Waals surface area contributed by atoms with Crippen LogP contribution in [0.3, 0.4) is 0 Å². The van der Waals surface area contributed by atoms with E-state index in [9.17, 15) is 9.90 Å². The summed E-state index contributed by atoms with van der Waals surface area (Å²) in [6.07, 6.45) is 3.49. The number of carbonyl (C=O) groups excluding carboxylic acids is 1. The van der Waals surface area contributed by atoms with Crippen molar-refractivity contribution in [2.75, 3.05) is 13.7 Å². The maximum atomic E-state index is 12.7. The molecule has 1 heterocycles. The number of amides is 1. The number of aliphatic imine (C=N–C) groups is 1. The van der Waals surface area contributed by atoms with Gasteiger partial charge in [-0.05, 0) is 47.7 Å². The molecule has 1 aliphatic rings. The van der Waals surface area contributed by atoms with Gasteiger partial charge in [0.25, 0.3) is 5.91 Å². The van der Waals surface area contributed by atoms with Crippen LogP contribution in [0, 0.1) is 0 Å². The third-order valence-electron chi connectivity index (χ3n) is 3.67. The predicted molar refractivity (Wildman–Crippen MR) is 106 cm³/mol. The van der Waals surface area contributed by atoms with Crippen molar-refractivity contribution < 1.29 is 14.6 Å². The molecule has 0 unspecified atom stereocenters. The minimum Gasteiger partial charge on any atom is -0.508 e. The number of phenols is 1. The van der Waals surface area contributed by atoms with Crippen molar-refractivity contribution in [1.82, 2.24) is 4.90 Å². The van der Waals surface area contributed by atoms with Crippen LogP contribution in [0.15, 0.2) is 71.1 Å². The topological polar surface area (TPSA) is 62.1 Å². The monoisotopic (exact) mass is 366 g/mol. The number of phenolic OH excluding ortho intramolecular Hbond substituents is 1. The van der Waals surface area contributed by atoms with Gasteiger partial charge in [0, 0.05) is 12.6 Å². The van der Waals surface area contributed by atoms with Crippen LogP contribution in [-0.4, -0.2) is 34.7 Å². The Morgan fingerprint density at radius 2 is 2.04 bits per heavy atom. The summed E-state index contributed by atoms with van der Waals surface area (Å²) >= 11 is 1.30. The Morgan fingerprint density at radius 1 is 1.27 bits per heavy atom. The first-order chi connectivity index (χ1) is 12.6. The molecular formula is C20H18N2O3S. The highest BCUT2D eigenvalue weighted by Crippen LogP contribution is 2.34. The standard InChI is InChI=1S/C20H18N2O3S/c1-3-11-22-19(24)18(12-14-7-9-17(25-2)10-8-14)26-20(22)21-15-5-4-6-16(23)13-15/h3-10,12-13,23H,1,11H2,2H3. The third kappa shape index (κ3) is 3.97. The van der Waals surface area contributed by atoms with E-state index in [1.165, 1.54) is 11.8 Å². The number of carbonyl (C=O) groups is 1. The van der Waals surface area contributed by atoms with E-state index in [-0.39, 0.29) is 11.7 Å². The minimum absolute atomic E-state index is 0.121. The Kier molecular flexibility index (Phi) is 5.43. The fraction of sp³-hybridized carbons (Fsp3) is 0.100. The zero-order valence-electron chi connectivity index (χ0n) is 14.3. The van der Waals surface area contributed by atoms with Crippen molar-refractivity contribution in [2.24, 2.45) is 4.99 Å². The molecule has 6 heteroatoms. The van der Waals surface area contributed by atoms with E-state index in [1.807, 2.05) is 30.3 Å². The van der Waals surface area contributed by atoms with Gasteiger partial charge in [-0.25, -0.2) is 4.99 Å². The van der Waals surface area contributed by atoms with Gasteiger partial charge in [0.1, 0.15) is 11.5 Å². The Labute approximate surface area is 156 Å². The predicted octanol–water partition coefficient (Wildman–Crippen LogP) is 4.19. The Bertz CT molecular complexity index is 888. The van der Waals surface area contributed by atoms with Gasteiger partial charge in [-0.15, -0.1) is 6.58 Å². The lowest BCUT2D eigenvalue weighted by molar-refractivity contribution is -0.121. The second-order valence-electron chi connectivity index (χ2n) is 5.50. The summed E-state index contributed by atoms with van der Waals surface area (Å²) in [7, 11) is 1.61. The molecule has 0 spiro atoms. The number of ether oxygens (including phenoxy) is 1. The summed E-state index contributed by atoms with van der Waals surface area (Å²) in [5.41, 5.74) is 1.49. The van der Waals surface area contributed by atoms with Gasteiger partial charge in [-0.2, -0.15) is 0 Å².